The topological polar surface area (TPSA) is 65.4 Å². The Morgan fingerprint density at radius 3 is 2.65 bits per heavy atom. The molecule has 0 saturated carbocycles. The molecule has 0 amide bonds. The van der Waals surface area contributed by atoms with Crippen LogP contribution < -0.4 is 10.5 Å². The summed E-state index contributed by atoms with van der Waals surface area (Å²) in [6, 6.07) is 7.17. The van der Waals surface area contributed by atoms with Gasteiger partial charge in [0.25, 0.3) is 0 Å². The second-order valence-corrected chi connectivity index (χ2v) is 4.85. The van der Waals surface area contributed by atoms with Crippen LogP contribution in [0.1, 0.15) is 12.5 Å². The molecule has 3 aromatic rings. The molecule has 1 aromatic carbocycles. The van der Waals surface area contributed by atoms with Gasteiger partial charge in [-0.05, 0) is 37.3 Å². The molecule has 8 heteroatoms. The third-order valence-electron chi connectivity index (χ3n) is 3.30. The van der Waals surface area contributed by atoms with Gasteiger partial charge >= 0.3 is 6.18 Å². The fourth-order valence-corrected chi connectivity index (χ4v) is 2.21. The number of nitrogens with two attached hydrogens (primary N) is 1. The normalized spacial score (nSPS) is 11.8. The molecule has 2 aromatic heterocycles. The number of hydrogen-bond donors (Lipinski definition) is 1. The predicted molar refractivity (Wildman–Crippen MR) is 79.0 cm³/mol. The van der Waals surface area contributed by atoms with E-state index in [1.165, 1.54) is 10.5 Å². The number of nitrogen functional groups attached to an aromatic ring is 1. The number of pyridine rings is 1. The van der Waals surface area contributed by atoms with Crippen LogP contribution in [0.5, 0.6) is 5.75 Å². The molecule has 0 aliphatic carbocycles. The molecule has 0 aliphatic rings. The quantitative estimate of drug-likeness (QED) is 0.751. The largest absolute Gasteiger partial charge is 0.492 e. The van der Waals surface area contributed by atoms with Crippen molar-refractivity contribution >= 4 is 11.3 Å². The summed E-state index contributed by atoms with van der Waals surface area (Å²) in [5.41, 5.74) is 6.37. The molecule has 120 valence electrons. The van der Waals surface area contributed by atoms with Crippen molar-refractivity contribution in [1.29, 1.82) is 0 Å². The third kappa shape index (κ3) is 2.79. The number of aromatic nitrogens is 3. The SMILES string of the molecule is CCOc1cc(-c2nnc3ccc(C(F)(F)F)cn23)ccc1N. The summed E-state index contributed by atoms with van der Waals surface area (Å²) in [7, 11) is 0. The maximum atomic E-state index is 12.9. The Balaban J connectivity index is 2.14. The summed E-state index contributed by atoms with van der Waals surface area (Å²) in [6.07, 6.45) is -3.46. The van der Waals surface area contributed by atoms with Crippen molar-refractivity contribution in [3.8, 4) is 17.1 Å². The molecule has 0 aliphatic heterocycles. The van der Waals surface area contributed by atoms with Crippen molar-refractivity contribution in [3.63, 3.8) is 0 Å². The first kappa shape index (κ1) is 15.1. The van der Waals surface area contributed by atoms with E-state index in [9.17, 15) is 13.2 Å². The molecule has 3 rings (SSSR count). The van der Waals surface area contributed by atoms with Gasteiger partial charge in [0.05, 0.1) is 17.9 Å². The van der Waals surface area contributed by atoms with Gasteiger partial charge in [0.1, 0.15) is 5.75 Å². The van der Waals surface area contributed by atoms with E-state index >= 15 is 0 Å². The summed E-state index contributed by atoms with van der Waals surface area (Å²) < 4.78 is 45.3. The summed E-state index contributed by atoms with van der Waals surface area (Å²) in [5.74, 6) is 0.737. The number of benzene rings is 1. The fraction of sp³-hybridized carbons (Fsp3) is 0.200. The number of nitrogens with zero attached hydrogens (tertiary/aromatic N) is 3. The van der Waals surface area contributed by atoms with Crippen LogP contribution in [-0.4, -0.2) is 21.2 Å². The first-order valence-electron chi connectivity index (χ1n) is 6.85. The molecule has 5 nitrogen and oxygen atoms in total. The first-order chi connectivity index (χ1) is 10.9. The Hall–Kier alpha value is -2.77. The zero-order valence-corrected chi connectivity index (χ0v) is 12.1. The van der Waals surface area contributed by atoms with Crippen LogP contribution in [0.3, 0.4) is 0 Å². The number of fused-ring (bicyclic) bond motifs is 1. The van der Waals surface area contributed by atoms with Crippen molar-refractivity contribution in [3.05, 3.63) is 42.1 Å². The number of alkyl halides is 3. The van der Waals surface area contributed by atoms with Crippen LogP contribution in [0.4, 0.5) is 18.9 Å². The summed E-state index contributed by atoms with van der Waals surface area (Å²) in [4.78, 5) is 0. The number of anilines is 1. The van der Waals surface area contributed by atoms with Gasteiger partial charge in [-0.15, -0.1) is 10.2 Å². The van der Waals surface area contributed by atoms with Gasteiger partial charge in [0.15, 0.2) is 11.5 Å². The maximum Gasteiger partial charge on any atom is 0.417 e. The Morgan fingerprint density at radius 1 is 1.17 bits per heavy atom. The molecule has 23 heavy (non-hydrogen) atoms. The molecule has 0 fully saturated rings. The first-order valence-corrected chi connectivity index (χ1v) is 6.85. The van der Waals surface area contributed by atoms with E-state index in [0.717, 1.165) is 12.3 Å². The second kappa shape index (κ2) is 5.45. The monoisotopic (exact) mass is 322 g/mol. The molecular formula is C15H13F3N4O. The third-order valence-corrected chi connectivity index (χ3v) is 3.30. The molecule has 2 N–H and O–H groups in total. The van der Waals surface area contributed by atoms with E-state index in [2.05, 4.69) is 10.2 Å². The summed E-state index contributed by atoms with van der Waals surface area (Å²) >= 11 is 0. The summed E-state index contributed by atoms with van der Waals surface area (Å²) in [5, 5.41) is 7.86. The fourth-order valence-electron chi connectivity index (χ4n) is 2.21. The smallest absolute Gasteiger partial charge is 0.417 e. The number of rotatable bonds is 3. The molecule has 0 saturated heterocycles. The van der Waals surface area contributed by atoms with Crippen LogP contribution in [0.25, 0.3) is 17.0 Å². The van der Waals surface area contributed by atoms with Crippen LogP contribution in [-0.2, 0) is 6.18 Å². The van der Waals surface area contributed by atoms with Gasteiger partial charge in [-0.2, -0.15) is 13.2 Å². The lowest BCUT2D eigenvalue weighted by atomic mass is 10.1. The minimum absolute atomic E-state index is 0.284. The highest BCUT2D eigenvalue weighted by atomic mass is 19.4. The molecule has 0 bridgehead atoms. The van der Waals surface area contributed by atoms with Crippen LogP contribution in [0.2, 0.25) is 0 Å². The lowest BCUT2D eigenvalue weighted by Crippen LogP contribution is -2.06. The van der Waals surface area contributed by atoms with Crippen molar-refractivity contribution in [1.82, 2.24) is 14.6 Å². The highest BCUT2D eigenvalue weighted by Gasteiger charge is 2.31. The Bertz CT molecular complexity index is 858. The highest BCUT2D eigenvalue weighted by molar-refractivity contribution is 5.67. The van der Waals surface area contributed by atoms with Gasteiger partial charge in [-0.3, -0.25) is 4.40 Å². The number of hydrogen-bond acceptors (Lipinski definition) is 4. The Labute approximate surface area is 129 Å². The average Bonchev–Trinajstić information content (AvgIpc) is 2.92. The zero-order chi connectivity index (χ0) is 16.6. The Morgan fingerprint density at radius 2 is 1.96 bits per heavy atom. The van der Waals surface area contributed by atoms with E-state index in [0.29, 0.717) is 29.3 Å². The zero-order valence-electron chi connectivity index (χ0n) is 12.1. The van der Waals surface area contributed by atoms with Gasteiger partial charge in [-0.1, -0.05) is 0 Å². The number of halogens is 3. The maximum absolute atomic E-state index is 12.9. The minimum Gasteiger partial charge on any atom is -0.492 e. The van der Waals surface area contributed by atoms with E-state index in [1.807, 2.05) is 6.92 Å². The average molecular weight is 322 g/mol. The molecular weight excluding hydrogens is 309 g/mol. The van der Waals surface area contributed by atoms with Gasteiger partial charge in [0.2, 0.25) is 0 Å². The van der Waals surface area contributed by atoms with Gasteiger partial charge < -0.3 is 10.5 Å². The van der Waals surface area contributed by atoms with E-state index in [-0.39, 0.29) is 5.82 Å². The highest BCUT2D eigenvalue weighted by Crippen LogP contribution is 2.32. The van der Waals surface area contributed by atoms with Crippen LogP contribution >= 0.6 is 0 Å². The summed E-state index contributed by atoms with van der Waals surface area (Å²) in [6.45, 7) is 2.24. The molecule has 2 heterocycles. The molecule has 0 radical (unpaired) electrons. The van der Waals surface area contributed by atoms with E-state index < -0.39 is 11.7 Å². The predicted octanol–water partition coefficient (Wildman–Crippen LogP) is 3.40. The van der Waals surface area contributed by atoms with Crippen molar-refractivity contribution in [2.24, 2.45) is 0 Å². The second-order valence-electron chi connectivity index (χ2n) is 4.85. The lowest BCUT2D eigenvalue weighted by molar-refractivity contribution is -0.137. The molecule has 0 unspecified atom stereocenters. The van der Waals surface area contributed by atoms with Crippen molar-refractivity contribution < 1.29 is 17.9 Å². The number of ether oxygens (including phenoxy) is 1. The molecule has 0 atom stereocenters. The van der Waals surface area contributed by atoms with Gasteiger partial charge in [0, 0.05) is 11.8 Å². The standard InChI is InChI=1S/C15H13F3N4O/c1-2-23-12-7-9(3-5-11(12)19)14-21-20-13-6-4-10(8-22(13)14)15(16,17)18/h3-8H,2,19H2,1H3. The minimum atomic E-state index is -4.44. The van der Waals surface area contributed by atoms with E-state index in [4.69, 9.17) is 10.5 Å². The van der Waals surface area contributed by atoms with Crippen molar-refractivity contribution in [2.75, 3.05) is 12.3 Å². The van der Waals surface area contributed by atoms with Crippen molar-refractivity contribution in [2.45, 2.75) is 13.1 Å². The lowest BCUT2D eigenvalue weighted by Gasteiger charge is -2.10. The Kier molecular flexibility index (Phi) is 3.59. The van der Waals surface area contributed by atoms with E-state index in [1.54, 1.807) is 18.2 Å². The van der Waals surface area contributed by atoms with Gasteiger partial charge in [-0.25, -0.2) is 0 Å². The molecule has 0 spiro atoms. The van der Waals surface area contributed by atoms with Crippen LogP contribution in [0.15, 0.2) is 36.5 Å². The van der Waals surface area contributed by atoms with Crippen LogP contribution in [0, 0.1) is 0 Å².